The van der Waals surface area contributed by atoms with Crippen molar-refractivity contribution in [2.75, 3.05) is 0 Å². The molecule has 0 aromatic heterocycles. The van der Waals surface area contributed by atoms with Gasteiger partial charge in [0.05, 0.1) is 0 Å². The van der Waals surface area contributed by atoms with Crippen molar-refractivity contribution in [2.45, 2.75) is 77.0 Å². The van der Waals surface area contributed by atoms with Crippen molar-refractivity contribution >= 4 is 11.6 Å². The Morgan fingerprint density at radius 1 is 0.739 bits per heavy atom. The van der Waals surface area contributed by atoms with E-state index in [-0.39, 0.29) is 28.6 Å². The van der Waals surface area contributed by atoms with Gasteiger partial charge in [-0.1, -0.05) is 64.5 Å². The number of hydrogen-bond donors (Lipinski definition) is 0. The van der Waals surface area contributed by atoms with Gasteiger partial charge in [-0.3, -0.25) is 9.59 Å². The predicted octanol–water partition coefficient (Wildman–Crippen LogP) is 5.42. The van der Waals surface area contributed by atoms with Crippen LogP contribution in [-0.2, 0) is 26.7 Å². The Balaban J connectivity index is 0.000000403. The zero-order chi connectivity index (χ0) is 16.2. The standard InChI is InChI=1S/2C10H16O.Fe/c2*1-2-10(11)8-7-9-5-3-4-6-9;/h2*2,9H,1,3-8H2;. The van der Waals surface area contributed by atoms with Crippen LogP contribution in [0.15, 0.2) is 25.3 Å². The largest absolute Gasteiger partial charge is 0.295 e. The van der Waals surface area contributed by atoms with Gasteiger partial charge < -0.3 is 0 Å². The average molecular weight is 360 g/mol. The summed E-state index contributed by atoms with van der Waals surface area (Å²) in [4.78, 5) is 21.7. The second kappa shape index (κ2) is 13.7. The van der Waals surface area contributed by atoms with Gasteiger partial charge in [-0.2, -0.15) is 0 Å². The smallest absolute Gasteiger partial charge is 0.155 e. The molecule has 2 aliphatic rings. The minimum atomic E-state index is 0. The molecule has 23 heavy (non-hydrogen) atoms. The van der Waals surface area contributed by atoms with Crippen molar-refractivity contribution < 1.29 is 26.7 Å². The van der Waals surface area contributed by atoms with Gasteiger partial charge in [-0.25, -0.2) is 0 Å². The molecule has 0 aromatic carbocycles. The van der Waals surface area contributed by atoms with Crippen molar-refractivity contribution in [3.63, 3.8) is 0 Å². The fourth-order valence-electron chi connectivity index (χ4n) is 3.49. The number of rotatable bonds is 8. The van der Waals surface area contributed by atoms with Gasteiger partial charge >= 0.3 is 0 Å². The van der Waals surface area contributed by atoms with Crippen LogP contribution in [0.25, 0.3) is 0 Å². The minimum absolute atomic E-state index is 0. The Labute approximate surface area is 152 Å². The van der Waals surface area contributed by atoms with Gasteiger partial charge in [0.15, 0.2) is 11.6 Å². The van der Waals surface area contributed by atoms with E-state index in [2.05, 4.69) is 13.2 Å². The molecule has 2 rings (SSSR count). The number of hydrogen-bond acceptors (Lipinski definition) is 2. The molecule has 3 heteroatoms. The average Bonchev–Trinajstić information content (AvgIpc) is 3.24. The summed E-state index contributed by atoms with van der Waals surface area (Å²) in [6, 6.07) is 0. The summed E-state index contributed by atoms with van der Waals surface area (Å²) in [5.41, 5.74) is 0. The quantitative estimate of drug-likeness (QED) is 0.428. The second-order valence-corrected chi connectivity index (χ2v) is 6.72. The molecule has 2 nitrogen and oxygen atoms in total. The van der Waals surface area contributed by atoms with Crippen LogP contribution in [0.5, 0.6) is 0 Å². The number of allylic oxidation sites excluding steroid dienone is 2. The first-order chi connectivity index (χ1) is 10.7. The van der Waals surface area contributed by atoms with Gasteiger partial charge in [0.2, 0.25) is 0 Å². The van der Waals surface area contributed by atoms with Crippen LogP contribution in [0.4, 0.5) is 0 Å². The Morgan fingerprint density at radius 2 is 1.04 bits per heavy atom. The van der Waals surface area contributed by atoms with Crippen molar-refractivity contribution in [1.29, 1.82) is 0 Å². The van der Waals surface area contributed by atoms with Crippen LogP contribution >= 0.6 is 0 Å². The van der Waals surface area contributed by atoms with Crippen molar-refractivity contribution in [1.82, 2.24) is 0 Å². The SMILES string of the molecule is C=CC(=O)CCC1CCCC1.C=CC(=O)CCC1CCCC1.[Fe]. The van der Waals surface area contributed by atoms with Crippen LogP contribution in [0.3, 0.4) is 0 Å². The zero-order valence-electron chi connectivity index (χ0n) is 14.4. The van der Waals surface area contributed by atoms with Crippen LogP contribution in [0.2, 0.25) is 0 Å². The normalized spacial score (nSPS) is 17.7. The molecular weight excluding hydrogens is 328 g/mol. The summed E-state index contributed by atoms with van der Waals surface area (Å²) >= 11 is 0. The number of ketones is 2. The van der Waals surface area contributed by atoms with Gasteiger partial charge in [-0.15, -0.1) is 0 Å². The first-order valence-corrected chi connectivity index (χ1v) is 8.96. The molecule has 2 saturated carbocycles. The van der Waals surface area contributed by atoms with Crippen molar-refractivity contribution in [3.05, 3.63) is 25.3 Å². The third-order valence-corrected chi connectivity index (χ3v) is 5.00. The third-order valence-electron chi connectivity index (χ3n) is 5.00. The third kappa shape index (κ3) is 10.7. The topological polar surface area (TPSA) is 34.1 Å². The molecule has 2 fully saturated rings. The summed E-state index contributed by atoms with van der Waals surface area (Å²) in [6.07, 6.45) is 17.3. The molecule has 0 radical (unpaired) electrons. The molecule has 0 aliphatic heterocycles. The molecule has 2 aliphatic carbocycles. The zero-order valence-corrected chi connectivity index (χ0v) is 15.5. The van der Waals surface area contributed by atoms with Gasteiger partial charge in [0.25, 0.3) is 0 Å². The maximum Gasteiger partial charge on any atom is 0.155 e. The first-order valence-electron chi connectivity index (χ1n) is 8.96. The molecule has 0 spiro atoms. The fourth-order valence-corrected chi connectivity index (χ4v) is 3.49. The van der Waals surface area contributed by atoms with E-state index in [9.17, 15) is 9.59 Å². The Hall–Kier alpha value is -0.661. The van der Waals surface area contributed by atoms with Crippen LogP contribution in [0.1, 0.15) is 77.0 Å². The van der Waals surface area contributed by atoms with E-state index in [1.54, 1.807) is 0 Å². The van der Waals surface area contributed by atoms with Gasteiger partial charge in [0.1, 0.15) is 0 Å². The van der Waals surface area contributed by atoms with E-state index in [0.717, 1.165) is 24.7 Å². The molecule has 0 saturated heterocycles. The maximum atomic E-state index is 10.9. The van der Waals surface area contributed by atoms with Crippen LogP contribution < -0.4 is 0 Å². The van der Waals surface area contributed by atoms with Crippen LogP contribution in [-0.4, -0.2) is 11.6 Å². The van der Waals surface area contributed by atoms with E-state index < -0.39 is 0 Å². The van der Waals surface area contributed by atoms with Crippen LogP contribution in [0, 0.1) is 11.8 Å². The van der Waals surface area contributed by atoms with E-state index in [1.165, 1.54) is 63.5 Å². The maximum absolute atomic E-state index is 10.9. The minimum Gasteiger partial charge on any atom is -0.295 e. The monoisotopic (exact) mass is 360 g/mol. The summed E-state index contributed by atoms with van der Waals surface area (Å²) < 4.78 is 0. The second-order valence-electron chi connectivity index (χ2n) is 6.72. The van der Waals surface area contributed by atoms with E-state index in [0.29, 0.717) is 12.8 Å². The summed E-state index contributed by atoms with van der Waals surface area (Å²) in [7, 11) is 0. The number of carbonyl (C=O) groups is 2. The predicted molar refractivity (Wildman–Crippen MR) is 92.8 cm³/mol. The van der Waals surface area contributed by atoms with Crippen molar-refractivity contribution in [2.24, 2.45) is 11.8 Å². The van der Waals surface area contributed by atoms with Gasteiger partial charge in [-0.05, 0) is 36.8 Å². The fraction of sp³-hybridized carbons (Fsp3) is 0.700. The molecule has 0 unspecified atom stereocenters. The van der Waals surface area contributed by atoms with E-state index in [4.69, 9.17) is 0 Å². The molecule has 0 amide bonds. The first kappa shape index (κ1) is 22.3. The Bertz CT molecular complexity index is 328. The van der Waals surface area contributed by atoms with Crippen molar-refractivity contribution in [3.8, 4) is 0 Å². The number of carbonyl (C=O) groups excluding carboxylic acids is 2. The molecule has 0 N–H and O–H groups in total. The van der Waals surface area contributed by atoms with Gasteiger partial charge in [0, 0.05) is 29.9 Å². The molecule has 0 aromatic rings. The molecule has 0 bridgehead atoms. The molecule has 0 heterocycles. The summed E-state index contributed by atoms with van der Waals surface area (Å²) in [5, 5.41) is 0. The molecule has 0 atom stereocenters. The van der Waals surface area contributed by atoms with E-state index >= 15 is 0 Å². The Kier molecular flexibility index (Phi) is 13.4. The molecular formula is C20H32FeO2. The summed E-state index contributed by atoms with van der Waals surface area (Å²) in [5.74, 6) is 2.08. The van der Waals surface area contributed by atoms with E-state index in [1.807, 2.05) is 0 Å². The summed E-state index contributed by atoms with van der Waals surface area (Å²) in [6.45, 7) is 6.91. The molecule has 132 valence electrons. The Morgan fingerprint density at radius 3 is 1.30 bits per heavy atom.